The van der Waals surface area contributed by atoms with Crippen molar-refractivity contribution in [2.75, 3.05) is 26.1 Å². The van der Waals surface area contributed by atoms with E-state index in [4.69, 9.17) is 9.84 Å². The van der Waals surface area contributed by atoms with Crippen LogP contribution in [0.3, 0.4) is 0 Å². The van der Waals surface area contributed by atoms with Gasteiger partial charge in [-0.2, -0.15) is 0 Å². The highest BCUT2D eigenvalue weighted by atomic mass is 16.6. The van der Waals surface area contributed by atoms with Gasteiger partial charge in [-0.1, -0.05) is 30.3 Å². The van der Waals surface area contributed by atoms with Crippen molar-refractivity contribution in [3.8, 4) is 0 Å². The number of nitro benzene ring substituents is 1. The molecule has 0 saturated carbocycles. The fraction of sp³-hybridized carbons (Fsp3) is 0.278. The van der Waals surface area contributed by atoms with E-state index >= 15 is 0 Å². The summed E-state index contributed by atoms with van der Waals surface area (Å²) in [5, 5.41) is 21.2. The predicted molar refractivity (Wildman–Crippen MR) is 96.1 cm³/mol. The molecule has 1 atom stereocenters. The molecule has 7 nitrogen and oxygen atoms in total. The number of carbonyl (C=O) groups is 1. The van der Waals surface area contributed by atoms with E-state index in [9.17, 15) is 14.9 Å². The normalized spacial score (nSPS) is 11.0. The van der Waals surface area contributed by atoms with Gasteiger partial charge in [-0.3, -0.25) is 14.9 Å². The third-order valence-electron chi connectivity index (χ3n) is 3.47. The van der Waals surface area contributed by atoms with Crippen molar-refractivity contribution in [2.24, 2.45) is 0 Å². The monoisotopic (exact) mass is 346 g/mol. The van der Waals surface area contributed by atoms with E-state index in [0.717, 1.165) is 7.11 Å². The molecule has 0 saturated heterocycles. The summed E-state index contributed by atoms with van der Waals surface area (Å²) < 4.78 is 5.11. The number of nitro groups is 1. The number of nitrogens with one attached hydrogen (secondary N) is 1. The Hall–Kier alpha value is -2.77. The van der Waals surface area contributed by atoms with E-state index < -0.39 is 4.92 Å². The topological polar surface area (TPSA) is 102 Å². The number of anilines is 1. The fourth-order valence-electron chi connectivity index (χ4n) is 2.07. The van der Waals surface area contributed by atoms with Crippen molar-refractivity contribution >= 4 is 17.2 Å². The van der Waals surface area contributed by atoms with Crippen LogP contribution in [0.15, 0.2) is 48.5 Å². The molecule has 0 amide bonds. The van der Waals surface area contributed by atoms with Gasteiger partial charge in [-0.15, -0.1) is 0 Å². The van der Waals surface area contributed by atoms with Gasteiger partial charge in [0, 0.05) is 38.0 Å². The van der Waals surface area contributed by atoms with E-state index in [2.05, 4.69) is 5.32 Å². The number of carbonyl (C=O) groups excluding carboxylic acids is 1. The molecular formula is C18H22N2O5. The van der Waals surface area contributed by atoms with Gasteiger partial charge in [0.2, 0.25) is 0 Å². The van der Waals surface area contributed by atoms with Gasteiger partial charge < -0.3 is 15.2 Å². The summed E-state index contributed by atoms with van der Waals surface area (Å²) >= 11 is 0. The van der Waals surface area contributed by atoms with E-state index in [1.807, 2.05) is 13.0 Å². The largest absolute Gasteiger partial charge is 0.400 e. The molecule has 2 rings (SSSR count). The quantitative estimate of drug-likeness (QED) is 0.454. The molecule has 0 spiro atoms. The van der Waals surface area contributed by atoms with Gasteiger partial charge in [0.05, 0.1) is 11.0 Å². The number of benzene rings is 2. The van der Waals surface area contributed by atoms with Crippen LogP contribution in [0.2, 0.25) is 0 Å². The van der Waals surface area contributed by atoms with Crippen molar-refractivity contribution in [1.29, 1.82) is 0 Å². The Balaban J connectivity index is 0.00000151. The zero-order valence-corrected chi connectivity index (χ0v) is 14.4. The molecule has 0 aliphatic heterocycles. The van der Waals surface area contributed by atoms with Gasteiger partial charge in [0.25, 0.3) is 5.69 Å². The summed E-state index contributed by atoms with van der Waals surface area (Å²) in [4.78, 5) is 23.2. The summed E-state index contributed by atoms with van der Waals surface area (Å²) in [6.07, 6.45) is -0.0831. The lowest BCUT2D eigenvalue weighted by atomic mass is 10.0. The number of methoxy groups -OCH3 is 1. The number of nitrogens with zero attached hydrogens (tertiary/aromatic N) is 1. The maximum absolute atomic E-state index is 12.4. The van der Waals surface area contributed by atoms with Crippen molar-refractivity contribution in [3.05, 3.63) is 69.8 Å². The van der Waals surface area contributed by atoms with Gasteiger partial charge in [0.15, 0.2) is 5.78 Å². The molecule has 0 aliphatic carbocycles. The molecule has 7 heteroatoms. The van der Waals surface area contributed by atoms with Crippen LogP contribution in [-0.4, -0.2) is 42.7 Å². The molecule has 0 bridgehead atoms. The first-order valence-corrected chi connectivity index (χ1v) is 7.62. The molecule has 0 fully saturated rings. The second kappa shape index (κ2) is 10.2. The highest BCUT2D eigenvalue weighted by Gasteiger charge is 2.18. The zero-order chi connectivity index (χ0) is 18.8. The van der Waals surface area contributed by atoms with Crippen LogP contribution in [0.4, 0.5) is 11.4 Å². The van der Waals surface area contributed by atoms with Crippen molar-refractivity contribution < 1.29 is 19.6 Å². The maximum Gasteiger partial charge on any atom is 0.293 e. The Labute approximate surface area is 146 Å². The molecule has 0 aromatic heterocycles. The third kappa shape index (κ3) is 5.66. The lowest BCUT2D eigenvalue weighted by molar-refractivity contribution is -0.384. The number of ether oxygens (including phenoxy) is 1. The van der Waals surface area contributed by atoms with E-state index in [1.165, 1.54) is 6.07 Å². The molecule has 0 aliphatic rings. The fourth-order valence-corrected chi connectivity index (χ4v) is 2.07. The van der Waals surface area contributed by atoms with Crippen LogP contribution < -0.4 is 5.32 Å². The third-order valence-corrected chi connectivity index (χ3v) is 3.47. The SMILES string of the molecule is CO.COC(C)CNc1ccc(C(=O)c2ccccc2)cc1[N+](=O)[O-]. The van der Waals surface area contributed by atoms with Gasteiger partial charge in [-0.05, 0) is 19.1 Å². The number of hydrogen-bond acceptors (Lipinski definition) is 6. The molecule has 0 heterocycles. The zero-order valence-electron chi connectivity index (χ0n) is 14.4. The van der Waals surface area contributed by atoms with Crippen LogP contribution in [0.1, 0.15) is 22.8 Å². The molecule has 2 N–H and O–H groups in total. The first-order valence-electron chi connectivity index (χ1n) is 7.62. The first kappa shape index (κ1) is 20.3. The Morgan fingerprint density at radius 1 is 1.20 bits per heavy atom. The summed E-state index contributed by atoms with van der Waals surface area (Å²) in [7, 11) is 2.57. The summed E-state index contributed by atoms with van der Waals surface area (Å²) in [6.45, 7) is 2.29. The molecule has 2 aromatic carbocycles. The standard InChI is InChI=1S/C17H18N2O4.CH4O/c1-12(23-2)11-18-15-9-8-14(10-16(15)19(21)22)17(20)13-6-4-3-5-7-13;1-2/h3-10,12,18H,11H2,1-2H3;2H,1H3. The van der Waals surface area contributed by atoms with Crippen LogP contribution >= 0.6 is 0 Å². The Bertz CT molecular complexity index is 704. The second-order valence-electron chi connectivity index (χ2n) is 5.11. The highest BCUT2D eigenvalue weighted by molar-refractivity contribution is 6.09. The number of hydrogen-bond donors (Lipinski definition) is 2. The number of aliphatic hydroxyl groups is 1. The predicted octanol–water partition coefficient (Wildman–Crippen LogP) is 2.88. The van der Waals surface area contributed by atoms with Crippen molar-refractivity contribution in [2.45, 2.75) is 13.0 Å². The second-order valence-corrected chi connectivity index (χ2v) is 5.11. The molecule has 0 radical (unpaired) electrons. The van der Waals surface area contributed by atoms with Crippen LogP contribution in [0.25, 0.3) is 0 Å². The lowest BCUT2D eigenvalue weighted by Crippen LogP contribution is -2.18. The van der Waals surface area contributed by atoms with Crippen molar-refractivity contribution in [1.82, 2.24) is 0 Å². The molecule has 134 valence electrons. The number of rotatable bonds is 7. The van der Waals surface area contributed by atoms with Crippen LogP contribution in [0, 0.1) is 10.1 Å². The van der Waals surface area contributed by atoms with E-state index in [-0.39, 0.29) is 23.1 Å². The smallest absolute Gasteiger partial charge is 0.293 e. The Morgan fingerprint density at radius 2 is 1.84 bits per heavy atom. The molecule has 25 heavy (non-hydrogen) atoms. The summed E-state index contributed by atoms with van der Waals surface area (Å²) in [5.41, 5.74) is 1.02. The number of aliphatic hydroxyl groups excluding tert-OH is 1. The molecule has 1 unspecified atom stereocenters. The van der Waals surface area contributed by atoms with Crippen LogP contribution in [-0.2, 0) is 4.74 Å². The van der Waals surface area contributed by atoms with E-state index in [0.29, 0.717) is 17.8 Å². The Kier molecular flexibility index (Phi) is 8.25. The maximum atomic E-state index is 12.4. The van der Waals surface area contributed by atoms with Gasteiger partial charge >= 0.3 is 0 Å². The molecule has 2 aromatic rings. The highest BCUT2D eigenvalue weighted by Crippen LogP contribution is 2.26. The average Bonchev–Trinajstić information content (AvgIpc) is 2.67. The van der Waals surface area contributed by atoms with Gasteiger partial charge in [-0.25, -0.2) is 0 Å². The summed E-state index contributed by atoms with van der Waals surface area (Å²) in [6, 6.07) is 13.1. The minimum atomic E-state index is -0.498. The van der Waals surface area contributed by atoms with Gasteiger partial charge in [0.1, 0.15) is 5.69 Å². The van der Waals surface area contributed by atoms with E-state index in [1.54, 1.807) is 43.5 Å². The lowest BCUT2D eigenvalue weighted by Gasteiger charge is -2.12. The Morgan fingerprint density at radius 3 is 2.40 bits per heavy atom. The average molecular weight is 346 g/mol. The minimum absolute atomic E-state index is 0.0831. The number of ketones is 1. The minimum Gasteiger partial charge on any atom is -0.400 e. The summed E-state index contributed by atoms with van der Waals surface area (Å²) in [5.74, 6) is -0.245. The van der Waals surface area contributed by atoms with Crippen molar-refractivity contribution in [3.63, 3.8) is 0 Å². The first-order chi connectivity index (χ1) is 12.0. The molecular weight excluding hydrogens is 324 g/mol. The van der Waals surface area contributed by atoms with Crippen LogP contribution in [0.5, 0.6) is 0 Å².